The number of carbonyl (C=O) groups is 1. The normalized spacial score (nSPS) is 12.6. The van der Waals surface area contributed by atoms with Crippen LogP contribution in [0.2, 0.25) is 5.02 Å². The lowest BCUT2D eigenvalue weighted by atomic mass is 10.1. The average Bonchev–Trinajstić information content (AvgIpc) is 2.75. The molecule has 0 aliphatic heterocycles. The van der Waals surface area contributed by atoms with Gasteiger partial charge in [0.1, 0.15) is 11.5 Å². The topological polar surface area (TPSA) is 26.3 Å². The Balaban J connectivity index is 1.92. The number of rotatable bonds is 2. The molecule has 3 rings (SSSR count). The van der Waals surface area contributed by atoms with Gasteiger partial charge in [0.15, 0.2) is 5.78 Å². The van der Waals surface area contributed by atoms with E-state index < -0.39 is 0 Å². The van der Waals surface area contributed by atoms with Crippen molar-refractivity contribution in [1.29, 1.82) is 0 Å². The number of hydrogen-bond donors (Lipinski definition) is 0. The van der Waals surface area contributed by atoms with E-state index in [2.05, 4.69) is 0 Å². The minimum atomic E-state index is 0.00968. The summed E-state index contributed by atoms with van der Waals surface area (Å²) in [6.07, 6.45) is 3.37. The molecular formula is C16H11ClO2. The number of carbonyl (C=O) groups excluding carboxylic acids is 1. The molecule has 19 heavy (non-hydrogen) atoms. The lowest BCUT2D eigenvalue weighted by Gasteiger charge is -2.09. The summed E-state index contributed by atoms with van der Waals surface area (Å²) in [6.45, 7) is 1.97. The molecule has 2 aromatic carbocycles. The lowest BCUT2D eigenvalue weighted by Crippen LogP contribution is -1.93. The highest BCUT2D eigenvalue weighted by Gasteiger charge is 2.14. The molecule has 0 bridgehead atoms. The Morgan fingerprint density at radius 3 is 2.68 bits per heavy atom. The van der Waals surface area contributed by atoms with Gasteiger partial charge in [0.2, 0.25) is 0 Å². The van der Waals surface area contributed by atoms with Crippen LogP contribution in [0.3, 0.4) is 0 Å². The van der Waals surface area contributed by atoms with Crippen molar-refractivity contribution in [3.8, 4) is 11.5 Å². The predicted molar refractivity (Wildman–Crippen MR) is 76.1 cm³/mol. The molecule has 0 saturated carbocycles. The molecule has 0 saturated heterocycles. The fourth-order valence-corrected chi connectivity index (χ4v) is 2.30. The van der Waals surface area contributed by atoms with Crippen molar-refractivity contribution in [2.45, 2.75) is 6.92 Å². The van der Waals surface area contributed by atoms with Crippen molar-refractivity contribution in [1.82, 2.24) is 0 Å². The van der Waals surface area contributed by atoms with Gasteiger partial charge in [0.25, 0.3) is 0 Å². The van der Waals surface area contributed by atoms with Gasteiger partial charge in [-0.05, 0) is 48.4 Å². The Labute approximate surface area is 116 Å². The van der Waals surface area contributed by atoms with Crippen molar-refractivity contribution in [2.24, 2.45) is 0 Å². The summed E-state index contributed by atoms with van der Waals surface area (Å²) in [4.78, 5) is 11.6. The van der Waals surface area contributed by atoms with E-state index in [-0.39, 0.29) is 5.78 Å². The van der Waals surface area contributed by atoms with Gasteiger partial charge in [-0.25, -0.2) is 0 Å². The fourth-order valence-electron chi connectivity index (χ4n) is 2.03. The van der Waals surface area contributed by atoms with Crippen molar-refractivity contribution < 1.29 is 9.53 Å². The SMILES string of the molecule is Cc1ccc(Oc2ccc3c(c2)C(=O)C=C3)c(Cl)c1. The maximum Gasteiger partial charge on any atom is 0.186 e. The zero-order valence-electron chi connectivity index (χ0n) is 10.3. The zero-order valence-corrected chi connectivity index (χ0v) is 11.1. The smallest absolute Gasteiger partial charge is 0.186 e. The third-order valence-corrected chi connectivity index (χ3v) is 3.32. The number of hydrogen-bond acceptors (Lipinski definition) is 2. The predicted octanol–water partition coefficient (Wildman–Crippen LogP) is 4.65. The van der Waals surface area contributed by atoms with E-state index in [1.165, 1.54) is 0 Å². The second-order valence-electron chi connectivity index (χ2n) is 4.48. The van der Waals surface area contributed by atoms with Crippen molar-refractivity contribution in [2.75, 3.05) is 0 Å². The van der Waals surface area contributed by atoms with E-state index in [1.807, 2.05) is 37.3 Å². The number of fused-ring (bicyclic) bond motifs is 1. The Hall–Kier alpha value is -2.06. The minimum Gasteiger partial charge on any atom is -0.456 e. The summed E-state index contributed by atoms with van der Waals surface area (Å²) in [5, 5.41) is 0.560. The zero-order chi connectivity index (χ0) is 13.4. The van der Waals surface area contributed by atoms with Crippen LogP contribution >= 0.6 is 11.6 Å². The first-order valence-corrected chi connectivity index (χ1v) is 6.32. The van der Waals surface area contributed by atoms with E-state index in [1.54, 1.807) is 18.2 Å². The number of ether oxygens (including phenoxy) is 1. The summed E-state index contributed by atoms with van der Waals surface area (Å²) in [7, 11) is 0. The van der Waals surface area contributed by atoms with E-state index in [4.69, 9.17) is 16.3 Å². The van der Waals surface area contributed by atoms with Gasteiger partial charge < -0.3 is 4.74 Å². The van der Waals surface area contributed by atoms with Gasteiger partial charge in [-0.2, -0.15) is 0 Å². The van der Waals surface area contributed by atoms with Gasteiger partial charge in [0, 0.05) is 5.56 Å². The molecule has 0 aromatic heterocycles. The standard InChI is InChI=1S/C16H11ClO2/c1-10-2-7-16(14(17)8-10)19-12-5-3-11-4-6-15(18)13(11)9-12/h2-9H,1H3. The molecule has 2 nitrogen and oxygen atoms in total. The highest BCUT2D eigenvalue weighted by atomic mass is 35.5. The average molecular weight is 271 g/mol. The van der Waals surface area contributed by atoms with Crippen molar-refractivity contribution >= 4 is 23.5 Å². The van der Waals surface area contributed by atoms with Crippen LogP contribution in [-0.2, 0) is 0 Å². The molecule has 1 aliphatic rings. The number of halogens is 1. The summed E-state index contributed by atoms with van der Waals surface area (Å²) in [5.74, 6) is 1.21. The highest BCUT2D eigenvalue weighted by molar-refractivity contribution is 6.32. The second-order valence-corrected chi connectivity index (χ2v) is 4.89. The molecule has 0 spiro atoms. The molecular weight excluding hydrogens is 260 g/mol. The van der Waals surface area contributed by atoms with Gasteiger partial charge in [0.05, 0.1) is 5.02 Å². The van der Waals surface area contributed by atoms with Crippen molar-refractivity contribution in [3.05, 3.63) is 64.2 Å². The summed E-state index contributed by atoms with van der Waals surface area (Å²) in [5.41, 5.74) is 2.67. The van der Waals surface area contributed by atoms with Crippen LogP contribution < -0.4 is 4.74 Å². The number of aryl methyl sites for hydroxylation is 1. The van der Waals surface area contributed by atoms with Crippen LogP contribution in [0.5, 0.6) is 11.5 Å². The first kappa shape index (κ1) is 12.0. The van der Waals surface area contributed by atoms with Crippen LogP contribution in [0.4, 0.5) is 0 Å². The van der Waals surface area contributed by atoms with E-state index in [9.17, 15) is 4.79 Å². The van der Waals surface area contributed by atoms with Crippen molar-refractivity contribution in [3.63, 3.8) is 0 Å². The molecule has 94 valence electrons. The van der Waals surface area contributed by atoms with Crippen LogP contribution in [-0.4, -0.2) is 5.78 Å². The Morgan fingerprint density at radius 2 is 1.89 bits per heavy atom. The number of allylic oxidation sites excluding steroid dienone is 1. The molecule has 3 heteroatoms. The van der Waals surface area contributed by atoms with Crippen LogP contribution in [0.1, 0.15) is 21.5 Å². The monoisotopic (exact) mass is 270 g/mol. The van der Waals surface area contributed by atoms with E-state index in [0.717, 1.165) is 11.1 Å². The lowest BCUT2D eigenvalue weighted by molar-refractivity contribution is 0.105. The minimum absolute atomic E-state index is 0.00968. The molecule has 0 N–H and O–H groups in total. The molecule has 2 aromatic rings. The summed E-state index contributed by atoms with van der Waals surface area (Å²) >= 11 is 6.12. The summed E-state index contributed by atoms with van der Waals surface area (Å²) < 4.78 is 5.73. The maximum absolute atomic E-state index is 11.6. The molecule has 0 atom stereocenters. The van der Waals surface area contributed by atoms with Gasteiger partial charge in [-0.1, -0.05) is 29.8 Å². The fraction of sp³-hybridized carbons (Fsp3) is 0.0625. The largest absolute Gasteiger partial charge is 0.456 e. The van der Waals surface area contributed by atoms with Crippen LogP contribution in [0.15, 0.2) is 42.5 Å². The number of benzene rings is 2. The molecule has 1 aliphatic carbocycles. The van der Waals surface area contributed by atoms with Gasteiger partial charge in [-0.15, -0.1) is 0 Å². The molecule has 0 fully saturated rings. The second kappa shape index (κ2) is 4.56. The van der Waals surface area contributed by atoms with Crippen LogP contribution in [0, 0.1) is 6.92 Å². The van der Waals surface area contributed by atoms with Gasteiger partial charge >= 0.3 is 0 Å². The highest BCUT2D eigenvalue weighted by Crippen LogP contribution is 2.32. The first-order chi connectivity index (χ1) is 9.13. The van der Waals surface area contributed by atoms with Crippen LogP contribution in [0.25, 0.3) is 6.08 Å². The molecule has 0 heterocycles. The Morgan fingerprint density at radius 1 is 1.05 bits per heavy atom. The quantitative estimate of drug-likeness (QED) is 0.794. The summed E-state index contributed by atoms with van der Waals surface area (Å²) in [6, 6.07) is 11.0. The van der Waals surface area contributed by atoms with E-state index >= 15 is 0 Å². The molecule has 0 radical (unpaired) electrons. The third kappa shape index (κ3) is 2.27. The molecule has 0 unspecified atom stereocenters. The Kier molecular flexibility index (Phi) is 2.88. The number of ketones is 1. The maximum atomic E-state index is 11.6. The Bertz CT molecular complexity index is 702. The molecule has 0 amide bonds. The van der Waals surface area contributed by atoms with E-state index in [0.29, 0.717) is 22.1 Å². The third-order valence-electron chi connectivity index (χ3n) is 3.02. The first-order valence-electron chi connectivity index (χ1n) is 5.94. The van der Waals surface area contributed by atoms with Gasteiger partial charge in [-0.3, -0.25) is 4.79 Å².